The van der Waals surface area contributed by atoms with Crippen molar-refractivity contribution in [3.05, 3.63) is 66.5 Å². The van der Waals surface area contributed by atoms with Crippen LogP contribution in [-0.4, -0.2) is 60.0 Å². The number of ether oxygens (including phenoxy) is 1. The molecule has 4 N–H and O–H groups in total. The zero-order chi connectivity index (χ0) is 22.9. The normalized spacial score (nSPS) is 22.4. The van der Waals surface area contributed by atoms with Gasteiger partial charge in [-0.2, -0.15) is 10.4 Å². The Kier molecular flexibility index (Phi) is 5.45. The predicted octanol–water partition coefficient (Wildman–Crippen LogP) is 1.72. The Morgan fingerprint density at radius 3 is 2.45 bits per heavy atom. The minimum Gasteiger partial charge on any atom is -0.394 e. The minimum atomic E-state index is -1.31. The molecule has 10 nitrogen and oxygen atoms in total. The number of nitrogens with zero attached hydrogens (tertiary/aromatic N) is 5. The highest BCUT2D eigenvalue weighted by Crippen LogP contribution is 2.37. The molecule has 0 unspecified atom stereocenters. The molecule has 1 aliphatic heterocycles. The Balaban J connectivity index is 1.66. The van der Waals surface area contributed by atoms with Crippen molar-refractivity contribution in [1.29, 1.82) is 5.26 Å². The van der Waals surface area contributed by atoms with E-state index in [2.05, 4.69) is 26.5 Å². The largest absolute Gasteiger partial charge is 0.394 e. The van der Waals surface area contributed by atoms with Gasteiger partial charge in [0, 0.05) is 11.3 Å². The maximum atomic E-state index is 10.6. The Bertz CT molecular complexity index is 1320. The predicted molar refractivity (Wildman–Crippen MR) is 118 cm³/mol. The Labute approximate surface area is 188 Å². The first-order chi connectivity index (χ1) is 16.1. The van der Waals surface area contributed by atoms with Crippen LogP contribution in [0.25, 0.3) is 22.3 Å². The molecule has 0 aliphatic carbocycles. The summed E-state index contributed by atoms with van der Waals surface area (Å²) in [6.07, 6.45) is -3.20. The number of aromatic nitrogens is 4. The van der Waals surface area contributed by atoms with Crippen LogP contribution in [0.4, 0.5) is 11.5 Å². The molecule has 5 rings (SSSR count). The summed E-state index contributed by atoms with van der Waals surface area (Å²) in [5, 5.41) is 47.8. The smallest absolute Gasteiger partial charge is 0.181 e. The first-order valence-electron chi connectivity index (χ1n) is 10.3. The van der Waals surface area contributed by atoms with E-state index in [4.69, 9.17) is 10.00 Å². The molecule has 1 saturated heterocycles. The molecule has 0 saturated carbocycles. The van der Waals surface area contributed by atoms with Crippen LogP contribution in [0.1, 0.15) is 11.8 Å². The van der Waals surface area contributed by atoms with Gasteiger partial charge in [-0.05, 0) is 24.3 Å². The standard InChI is InChI=1S/C23H20N6O4/c24-10-13-6-8-15(9-7-13)27-21-17-18(14-4-2-1-3-5-14)28-29(22(17)26-12-25-21)23-20(32)19(31)16(11-30)33-23/h1-9,12,16,19-20,23,30-32H,11H2,(H,25,26,27)/t16-,19+,20+,23+/m0/s1. The van der Waals surface area contributed by atoms with Gasteiger partial charge in [0.05, 0.1) is 23.6 Å². The SMILES string of the molecule is N#Cc1ccc(Nc2ncnc3c2c(-c2ccccc2)nn3[C@@H]2O[C@@H](CO)[C@@H](O)[C@H]2O)cc1. The number of aliphatic hydroxyl groups excluding tert-OH is 3. The third-order valence-corrected chi connectivity index (χ3v) is 5.57. The lowest BCUT2D eigenvalue weighted by molar-refractivity contribution is -0.0565. The van der Waals surface area contributed by atoms with E-state index in [1.807, 2.05) is 30.3 Å². The lowest BCUT2D eigenvalue weighted by atomic mass is 10.1. The Morgan fingerprint density at radius 2 is 1.79 bits per heavy atom. The number of anilines is 2. The molecule has 166 valence electrons. The van der Waals surface area contributed by atoms with Gasteiger partial charge in [-0.1, -0.05) is 30.3 Å². The first-order valence-corrected chi connectivity index (χ1v) is 10.3. The van der Waals surface area contributed by atoms with Gasteiger partial charge in [0.15, 0.2) is 11.9 Å². The summed E-state index contributed by atoms with van der Waals surface area (Å²) in [5.41, 5.74) is 2.99. The van der Waals surface area contributed by atoms with E-state index in [0.29, 0.717) is 33.8 Å². The molecule has 2 aromatic heterocycles. The van der Waals surface area contributed by atoms with Gasteiger partial charge in [-0.25, -0.2) is 14.6 Å². The van der Waals surface area contributed by atoms with E-state index < -0.39 is 31.1 Å². The molecular weight excluding hydrogens is 424 g/mol. The third-order valence-electron chi connectivity index (χ3n) is 5.57. The van der Waals surface area contributed by atoms with Gasteiger partial charge in [0.1, 0.15) is 36.2 Å². The van der Waals surface area contributed by atoms with E-state index in [9.17, 15) is 15.3 Å². The van der Waals surface area contributed by atoms with Crippen LogP contribution in [-0.2, 0) is 4.74 Å². The highest BCUT2D eigenvalue weighted by atomic mass is 16.6. The van der Waals surface area contributed by atoms with Crippen LogP contribution in [0.3, 0.4) is 0 Å². The molecule has 33 heavy (non-hydrogen) atoms. The Hall–Kier alpha value is -3.88. The number of hydrogen-bond donors (Lipinski definition) is 4. The van der Waals surface area contributed by atoms with E-state index >= 15 is 0 Å². The van der Waals surface area contributed by atoms with Gasteiger partial charge < -0.3 is 25.4 Å². The molecule has 2 aromatic carbocycles. The van der Waals surface area contributed by atoms with Gasteiger partial charge >= 0.3 is 0 Å². The van der Waals surface area contributed by atoms with Crippen molar-refractivity contribution in [3.63, 3.8) is 0 Å². The van der Waals surface area contributed by atoms with Crippen molar-refractivity contribution >= 4 is 22.5 Å². The van der Waals surface area contributed by atoms with Crippen molar-refractivity contribution in [1.82, 2.24) is 19.7 Å². The molecule has 4 aromatic rings. The lowest BCUT2D eigenvalue weighted by Crippen LogP contribution is -2.33. The van der Waals surface area contributed by atoms with E-state index in [1.165, 1.54) is 11.0 Å². The summed E-state index contributed by atoms with van der Waals surface area (Å²) in [5.74, 6) is 0.474. The summed E-state index contributed by atoms with van der Waals surface area (Å²) in [6, 6.07) is 18.4. The summed E-state index contributed by atoms with van der Waals surface area (Å²) in [7, 11) is 0. The van der Waals surface area contributed by atoms with Crippen LogP contribution in [0.15, 0.2) is 60.9 Å². The number of nitriles is 1. The lowest BCUT2D eigenvalue weighted by Gasteiger charge is -2.15. The molecule has 0 bridgehead atoms. The molecule has 10 heteroatoms. The van der Waals surface area contributed by atoms with Gasteiger partial charge in [0.2, 0.25) is 0 Å². The van der Waals surface area contributed by atoms with Crippen molar-refractivity contribution in [2.24, 2.45) is 0 Å². The van der Waals surface area contributed by atoms with Gasteiger partial charge in [0.25, 0.3) is 0 Å². The zero-order valence-corrected chi connectivity index (χ0v) is 17.3. The average molecular weight is 444 g/mol. The van der Waals surface area contributed by atoms with Crippen LogP contribution < -0.4 is 5.32 Å². The van der Waals surface area contributed by atoms with Crippen LogP contribution >= 0.6 is 0 Å². The van der Waals surface area contributed by atoms with Crippen LogP contribution in [0.2, 0.25) is 0 Å². The Morgan fingerprint density at radius 1 is 1.03 bits per heavy atom. The highest BCUT2D eigenvalue weighted by molar-refractivity contribution is 6.00. The highest BCUT2D eigenvalue weighted by Gasteiger charge is 2.45. The summed E-state index contributed by atoms with van der Waals surface area (Å²) < 4.78 is 7.11. The molecule has 4 atom stereocenters. The topological polar surface area (TPSA) is 149 Å². The molecule has 1 fully saturated rings. The maximum absolute atomic E-state index is 10.6. The second-order valence-corrected chi connectivity index (χ2v) is 7.62. The van der Waals surface area contributed by atoms with E-state index in [1.54, 1.807) is 24.3 Å². The average Bonchev–Trinajstić information content (AvgIpc) is 3.38. The van der Waals surface area contributed by atoms with Crippen LogP contribution in [0, 0.1) is 11.3 Å². The second kappa shape index (κ2) is 8.57. The summed E-state index contributed by atoms with van der Waals surface area (Å²) >= 11 is 0. The minimum absolute atomic E-state index is 0.384. The molecule has 0 amide bonds. The second-order valence-electron chi connectivity index (χ2n) is 7.62. The summed E-state index contributed by atoms with van der Waals surface area (Å²) in [6.45, 7) is -0.444. The van der Waals surface area contributed by atoms with Gasteiger partial charge in [-0.15, -0.1) is 0 Å². The summed E-state index contributed by atoms with van der Waals surface area (Å²) in [4.78, 5) is 8.79. The monoisotopic (exact) mass is 444 g/mol. The quantitative estimate of drug-likeness (QED) is 0.361. The maximum Gasteiger partial charge on any atom is 0.181 e. The molecule has 0 spiro atoms. The molecule has 3 heterocycles. The number of nitrogens with one attached hydrogen (secondary N) is 1. The van der Waals surface area contributed by atoms with E-state index in [0.717, 1.165) is 5.56 Å². The van der Waals surface area contributed by atoms with Crippen molar-refractivity contribution in [2.75, 3.05) is 11.9 Å². The number of aliphatic hydroxyl groups is 3. The van der Waals surface area contributed by atoms with Gasteiger partial charge in [-0.3, -0.25) is 0 Å². The van der Waals surface area contributed by atoms with Crippen molar-refractivity contribution < 1.29 is 20.1 Å². The third kappa shape index (κ3) is 3.69. The van der Waals surface area contributed by atoms with Crippen molar-refractivity contribution in [2.45, 2.75) is 24.5 Å². The number of rotatable bonds is 5. The van der Waals surface area contributed by atoms with E-state index in [-0.39, 0.29) is 0 Å². The number of fused-ring (bicyclic) bond motifs is 1. The number of hydrogen-bond acceptors (Lipinski definition) is 9. The fourth-order valence-corrected chi connectivity index (χ4v) is 3.89. The molecule has 1 aliphatic rings. The van der Waals surface area contributed by atoms with Crippen molar-refractivity contribution in [3.8, 4) is 17.3 Å². The first kappa shape index (κ1) is 21.0. The number of benzene rings is 2. The molecular formula is C23H20N6O4. The fourth-order valence-electron chi connectivity index (χ4n) is 3.89. The molecule has 0 radical (unpaired) electrons. The zero-order valence-electron chi connectivity index (χ0n) is 17.3. The van der Waals surface area contributed by atoms with Crippen LogP contribution in [0.5, 0.6) is 0 Å². The fraction of sp³-hybridized carbons (Fsp3) is 0.217.